The maximum Gasteiger partial charge on any atom is 0.228 e. The third-order valence-corrected chi connectivity index (χ3v) is 8.59. The van der Waals surface area contributed by atoms with E-state index in [1.54, 1.807) is 0 Å². The van der Waals surface area contributed by atoms with E-state index in [2.05, 4.69) is 70.5 Å². The Kier molecular flexibility index (Phi) is 4.23. The lowest BCUT2D eigenvalue weighted by molar-refractivity contribution is -0.160. The van der Waals surface area contributed by atoms with E-state index >= 15 is 0 Å². The average molecular weight is 401 g/mol. The van der Waals surface area contributed by atoms with E-state index in [1.807, 2.05) is 0 Å². The zero-order chi connectivity index (χ0) is 20.2. The Balaban J connectivity index is 1.23. The number of rotatable bonds is 3. The summed E-state index contributed by atoms with van der Waals surface area (Å²) in [5.41, 5.74) is 2.91. The SMILES string of the molecule is O=C(N1CCN(c2ccccc2)CC1)C12CC3CC(C1)CC(c1ccccc1)(C3)C2. The van der Waals surface area contributed by atoms with Crippen LogP contribution in [0.1, 0.15) is 44.1 Å². The van der Waals surface area contributed by atoms with Crippen molar-refractivity contribution in [2.75, 3.05) is 31.1 Å². The third kappa shape index (κ3) is 2.89. The van der Waals surface area contributed by atoms with Crippen LogP contribution >= 0.6 is 0 Å². The maximum absolute atomic E-state index is 14.0. The molecule has 1 amide bonds. The first-order chi connectivity index (χ1) is 14.7. The van der Waals surface area contributed by atoms with Gasteiger partial charge in [0.2, 0.25) is 5.91 Å². The minimum Gasteiger partial charge on any atom is -0.368 e. The van der Waals surface area contributed by atoms with E-state index in [9.17, 15) is 4.79 Å². The lowest BCUT2D eigenvalue weighted by Crippen LogP contribution is -2.61. The van der Waals surface area contributed by atoms with Crippen molar-refractivity contribution in [3.05, 3.63) is 66.2 Å². The summed E-state index contributed by atoms with van der Waals surface area (Å²) in [6.45, 7) is 3.62. The van der Waals surface area contributed by atoms with Crippen LogP contribution in [0.4, 0.5) is 5.69 Å². The Hall–Kier alpha value is -2.29. The maximum atomic E-state index is 14.0. The van der Waals surface area contributed by atoms with E-state index < -0.39 is 0 Å². The molecule has 5 fully saturated rings. The number of hydrogen-bond acceptors (Lipinski definition) is 2. The first-order valence-corrected chi connectivity index (χ1v) is 11.8. The molecule has 30 heavy (non-hydrogen) atoms. The molecule has 4 aliphatic carbocycles. The monoisotopic (exact) mass is 400 g/mol. The number of amides is 1. The van der Waals surface area contributed by atoms with Gasteiger partial charge in [0.05, 0.1) is 5.41 Å². The van der Waals surface area contributed by atoms with Gasteiger partial charge in [-0.05, 0) is 73.5 Å². The summed E-state index contributed by atoms with van der Waals surface area (Å²) in [5.74, 6) is 1.95. The van der Waals surface area contributed by atoms with Crippen molar-refractivity contribution in [1.29, 1.82) is 0 Å². The Morgan fingerprint density at radius 2 is 1.37 bits per heavy atom. The largest absolute Gasteiger partial charge is 0.368 e. The number of benzene rings is 2. The van der Waals surface area contributed by atoms with Crippen molar-refractivity contribution >= 4 is 11.6 Å². The molecule has 2 aromatic carbocycles. The Morgan fingerprint density at radius 1 is 0.767 bits per heavy atom. The summed E-state index contributed by atoms with van der Waals surface area (Å²) in [6, 6.07) is 21.8. The minimum absolute atomic E-state index is 0.102. The number of hydrogen-bond donors (Lipinski definition) is 0. The van der Waals surface area contributed by atoms with Crippen LogP contribution in [0.25, 0.3) is 0 Å². The molecule has 0 aromatic heterocycles. The van der Waals surface area contributed by atoms with Crippen molar-refractivity contribution in [3.63, 3.8) is 0 Å². The molecule has 1 aliphatic heterocycles. The average Bonchev–Trinajstić information content (AvgIpc) is 2.79. The molecule has 7 rings (SSSR count). The zero-order valence-electron chi connectivity index (χ0n) is 17.8. The number of nitrogens with zero attached hydrogens (tertiary/aromatic N) is 2. The minimum atomic E-state index is -0.102. The molecule has 3 heteroatoms. The highest BCUT2D eigenvalue weighted by Crippen LogP contribution is 2.66. The van der Waals surface area contributed by atoms with Crippen molar-refractivity contribution in [3.8, 4) is 0 Å². The van der Waals surface area contributed by atoms with Crippen LogP contribution < -0.4 is 4.90 Å². The predicted molar refractivity (Wildman–Crippen MR) is 120 cm³/mol. The zero-order valence-corrected chi connectivity index (χ0v) is 17.8. The highest BCUT2D eigenvalue weighted by atomic mass is 16.2. The highest BCUT2D eigenvalue weighted by Gasteiger charge is 2.61. The molecule has 0 spiro atoms. The van der Waals surface area contributed by atoms with Crippen molar-refractivity contribution in [1.82, 2.24) is 4.90 Å². The van der Waals surface area contributed by atoms with Gasteiger partial charge in [-0.3, -0.25) is 4.79 Å². The second-order valence-electron chi connectivity index (χ2n) is 10.5. The Morgan fingerprint density at radius 3 is 2.00 bits per heavy atom. The van der Waals surface area contributed by atoms with Gasteiger partial charge in [-0.2, -0.15) is 0 Å². The van der Waals surface area contributed by atoms with Gasteiger partial charge >= 0.3 is 0 Å². The van der Waals surface area contributed by atoms with Gasteiger partial charge in [-0.25, -0.2) is 0 Å². The normalized spacial score (nSPS) is 34.9. The second kappa shape index (κ2) is 6.87. The molecule has 2 aromatic rings. The smallest absolute Gasteiger partial charge is 0.228 e. The summed E-state index contributed by atoms with van der Waals surface area (Å²) >= 11 is 0. The van der Waals surface area contributed by atoms with Gasteiger partial charge in [0.25, 0.3) is 0 Å². The molecule has 4 saturated carbocycles. The molecular formula is C27H32N2O. The van der Waals surface area contributed by atoms with Gasteiger partial charge in [0.15, 0.2) is 0 Å². The van der Waals surface area contributed by atoms with Crippen LogP contribution in [0, 0.1) is 17.3 Å². The molecule has 156 valence electrons. The first kappa shape index (κ1) is 18.5. The second-order valence-corrected chi connectivity index (χ2v) is 10.5. The lowest BCUT2D eigenvalue weighted by Gasteiger charge is -2.62. The molecule has 2 atom stereocenters. The number of anilines is 1. The van der Waals surface area contributed by atoms with Crippen LogP contribution in [0.5, 0.6) is 0 Å². The fourth-order valence-electron chi connectivity index (χ4n) is 7.78. The molecule has 0 N–H and O–H groups in total. The van der Waals surface area contributed by atoms with Crippen LogP contribution in [0.3, 0.4) is 0 Å². The van der Waals surface area contributed by atoms with Crippen LogP contribution in [0.2, 0.25) is 0 Å². The van der Waals surface area contributed by atoms with Gasteiger partial charge in [0.1, 0.15) is 0 Å². The van der Waals surface area contributed by atoms with E-state index in [4.69, 9.17) is 0 Å². The van der Waals surface area contributed by atoms with Crippen LogP contribution in [-0.4, -0.2) is 37.0 Å². The van der Waals surface area contributed by atoms with Gasteiger partial charge < -0.3 is 9.80 Å². The summed E-state index contributed by atoms with van der Waals surface area (Å²) in [6.07, 6.45) is 7.29. The fourth-order valence-corrected chi connectivity index (χ4v) is 7.78. The molecule has 2 unspecified atom stereocenters. The third-order valence-electron chi connectivity index (χ3n) is 8.59. The van der Waals surface area contributed by atoms with E-state index in [0.29, 0.717) is 5.91 Å². The molecule has 4 bridgehead atoms. The number of piperazine rings is 1. The number of para-hydroxylation sites is 1. The summed E-state index contributed by atoms with van der Waals surface area (Å²) in [7, 11) is 0. The molecule has 1 saturated heterocycles. The molecule has 0 radical (unpaired) electrons. The molecule has 3 nitrogen and oxygen atoms in total. The topological polar surface area (TPSA) is 23.6 Å². The Labute approximate surface area is 180 Å². The van der Waals surface area contributed by atoms with E-state index in [1.165, 1.54) is 30.5 Å². The first-order valence-electron chi connectivity index (χ1n) is 11.8. The summed E-state index contributed by atoms with van der Waals surface area (Å²) in [5, 5.41) is 0. The predicted octanol–water partition coefficient (Wildman–Crippen LogP) is 4.87. The molecule has 5 aliphatic rings. The van der Waals surface area contributed by atoms with Crippen molar-refractivity contribution < 1.29 is 4.79 Å². The summed E-state index contributed by atoms with van der Waals surface area (Å²) in [4.78, 5) is 18.6. The number of carbonyl (C=O) groups excluding carboxylic acids is 1. The van der Waals surface area contributed by atoms with E-state index in [-0.39, 0.29) is 10.8 Å². The van der Waals surface area contributed by atoms with Crippen LogP contribution in [0.15, 0.2) is 60.7 Å². The van der Waals surface area contributed by atoms with E-state index in [0.717, 1.165) is 57.3 Å². The summed E-state index contributed by atoms with van der Waals surface area (Å²) < 4.78 is 0. The molecular weight excluding hydrogens is 368 g/mol. The highest BCUT2D eigenvalue weighted by molar-refractivity contribution is 5.84. The fraction of sp³-hybridized carbons (Fsp3) is 0.519. The Bertz CT molecular complexity index is 902. The van der Waals surface area contributed by atoms with Crippen LogP contribution in [-0.2, 0) is 10.2 Å². The van der Waals surface area contributed by atoms with Gasteiger partial charge in [0, 0.05) is 31.9 Å². The standard InChI is InChI=1S/C27H32N2O/c30-25(29-13-11-28(12-14-29)24-9-5-2-6-10-24)27-18-21-15-22(19-27)17-26(16-21,20-27)23-7-3-1-4-8-23/h1-10,21-22H,11-20H2. The molecule has 1 heterocycles. The quantitative estimate of drug-likeness (QED) is 0.734. The lowest BCUT2D eigenvalue weighted by atomic mass is 9.42. The number of carbonyl (C=O) groups is 1. The van der Waals surface area contributed by atoms with Gasteiger partial charge in [-0.15, -0.1) is 0 Å². The van der Waals surface area contributed by atoms with Crippen molar-refractivity contribution in [2.24, 2.45) is 17.3 Å². The van der Waals surface area contributed by atoms with Gasteiger partial charge in [-0.1, -0.05) is 48.5 Å². The van der Waals surface area contributed by atoms with Crippen molar-refractivity contribution in [2.45, 2.75) is 43.9 Å².